The van der Waals surface area contributed by atoms with Gasteiger partial charge in [-0.05, 0) is 92.8 Å². The smallest absolute Gasteiger partial charge is 0.261 e. The van der Waals surface area contributed by atoms with Gasteiger partial charge in [0.15, 0.2) is 0 Å². The van der Waals surface area contributed by atoms with Gasteiger partial charge in [-0.1, -0.05) is 18.6 Å². The zero-order chi connectivity index (χ0) is 20.9. The molecule has 5 rings (SSSR count). The third-order valence-electron chi connectivity index (χ3n) is 6.91. The van der Waals surface area contributed by atoms with E-state index in [0.717, 1.165) is 61.8 Å². The van der Waals surface area contributed by atoms with Crippen LogP contribution in [0.15, 0.2) is 41.3 Å². The van der Waals surface area contributed by atoms with Crippen LogP contribution >= 0.6 is 0 Å². The number of nitrogens with one attached hydrogen (secondary N) is 1. The van der Waals surface area contributed by atoms with Crippen LogP contribution in [0.5, 0.6) is 0 Å². The van der Waals surface area contributed by atoms with E-state index in [2.05, 4.69) is 10.8 Å². The molecule has 0 bridgehead atoms. The molecule has 1 amide bonds. The Labute approximate surface area is 178 Å². The predicted molar refractivity (Wildman–Crippen MR) is 118 cm³/mol. The lowest BCUT2D eigenvalue weighted by Gasteiger charge is -2.32. The molecule has 1 atom stereocenters. The molecule has 2 aromatic carbocycles. The molecule has 5 nitrogen and oxygen atoms in total. The van der Waals surface area contributed by atoms with Gasteiger partial charge in [0.1, 0.15) is 0 Å². The van der Waals surface area contributed by atoms with Crippen LogP contribution in [0, 0.1) is 5.92 Å². The number of anilines is 2. The van der Waals surface area contributed by atoms with Crippen molar-refractivity contribution in [3.8, 4) is 0 Å². The van der Waals surface area contributed by atoms with Crippen LogP contribution in [-0.2, 0) is 34.1 Å². The fraction of sp³-hybridized carbons (Fsp3) is 0.458. The molecular formula is C24H28N2O3S. The highest BCUT2D eigenvalue weighted by atomic mass is 32.2. The SMILES string of the molecule is CC1Cc2cc(S(=O)(=O)Nc3cccc4c3CCCC4)ccc2N1C(=O)C1CCC1. The Hall–Kier alpha value is -2.34. The minimum absolute atomic E-state index is 0.0696. The highest BCUT2D eigenvalue weighted by molar-refractivity contribution is 7.92. The number of aryl methyl sites for hydroxylation is 1. The second kappa shape index (κ2) is 7.41. The van der Waals surface area contributed by atoms with E-state index in [-0.39, 0.29) is 22.8 Å². The molecule has 0 aromatic heterocycles. The van der Waals surface area contributed by atoms with Crippen molar-refractivity contribution in [3.05, 3.63) is 53.1 Å². The van der Waals surface area contributed by atoms with Crippen molar-refractivity contribution in [2.45, 2.75) is 69.2 Å². The number of nitrogens with zero attached hydrogens (tertiary/aromatic N) is 1. The highest BCUT2D eigenvalue weighted by Gasteiger charge is 2.37. The summed E-state index contributed by atoms with van der Waals surface area (Å²) in [7, 11) is -3.69. The number of carbonyl (C=O) groups excluding carboxylic acids is 1. The van der Waals surface area contributed by atoms with Crippen molar-refractivity contribution in [2.75, 3.05) is 9.62 Å². The van der Waals surface area contributed by atoms with Gasteiger partial charge in [-0.15, -0.1) is 0 Å². The molecule has 158 valence electrons. The van der Waals surface area contributed by atoms with Gasteiger partial charge >= 0.3 is 0 Å². The number of amides is 1. The molecule has 1 N–H and O–H groups in total. The molecule has 30 heavy (non-hydrogen) atoms. The van der Waals surface area contributed by atoms with Crippen molar-refractivity contribution in [2.24, 2.45) is 5.92 Å². The third kappa shape index (κ3) is 3.31. The van der Waals surface area contributed by atoms with Crippen LogP contribution in [0.2, 0.25) is 0 Å². The number of hydrogen-bond acceptors (Lipinski definition) is 3. The van der Waals surface area contributed by atoms with Gasteiger partial charge in [-0.3, -0.25) is 9.52 Å². The first kappa shape index (κ1) is 19.6. The van der Waals surface area contributed by atoms with E-state index in [4.69, 9.17) is 0 Å². The molecule has 1 saturated carbocycles. The van der Waals surface area contributed by atoms with E-state index in [1.54, 1.807) is 12.1 Å². The summed E-state index contributed by atoms with van der Waals surface area (Å²) >= 11 is 0. The average Bonchev–Trinajstić information content (AvgIpc) is 3.01. The van der Waals surface area contributed by atoms with E-state index < -0.39 is 10.0 Å². The number of rotatable bonds is 4. The van der Waals surface area contributed by atoms with Crippen molar-refractivity contribution >= 4 is 27.3 Å². The summed E-state index contributed by atoms with van der Waals surface area (Å²) in [4.78, 5) is 15.0. The molecule has 1 heterocycles. The summed E-state index contributed by atoms with van der Waals surface area (Å²) < 4.78 is 29.1. The highest BCUT2D eigenvalue weighted by Crippen LogP contribution is 2.38. The Morgan fingerprint density at radius 3 is 2.60 bits per heavy atom. The van der Waals surface area contributed by atoms with Crippen molar-refractivity contribution < 1.29 is 13.2 Å². The van der Waals surface area contributed by atoms with Crippen LogP contribution < -0.4 is 9.62 Å². The van der Waals surface area contributed by atoms with Gasteiger partial charge < -0.3 is 4.90 Å². The Balaban J connectivity index is 1.43. The van der Waals surface area contributed by atoms with Gasteiger partial charge in [-0.25, -0.2) is 8.42 Å². The maximum atomic E-state index is 13.2. The average molecular weight is 425 g/mol. The first-order valence-electron chi connectivity index (χ1n) is 11.0. The Morgan fingerprint density at radius 1 is 1.03 bits per heavy atom. The molecule has 1 aliphatic heterocycles. The largest absolute Gasteiger partial charge is 0.309 e. The number of sulfonamides is 1. The first-order chi connectivity index (χ1) is 14.4. The summed E-state index contributed by atoms with van der Waals surface area (Å²) in [6.45, 7) is 2.04. The molecule has 1 fully saturated rings. The molecule has 3 aliphatic rings. The molecule has 6 heteroatoms. The van der Waals surface area contributed by atoms with Gasteiger partial charge in [0.05, 0.1) is 10.6 Å². The van der Waals surface area contributed by atoms with Crippen LogP contribution in [-0.4, -0.2) is 20.4 Å². The quantitative estimate of drug-likeness (QED) is 0.789. The molecule has 2 aliphatic carbocycles. The monoisotopic (exact) mass is 424 g/mol. The fourth-order valence-electron chi connectivity index (χ4n) is 5.04. The van der Waals surface area contributed by atoms with Crippen molar-refractivity contribution in [1.82, 2.24) is 0 Å². The zero-order valence-electron chi connectivity index (χ0n) is 17.4. The molecular weight excluding hydrogens is 396 g/mol. The second-order valence-corrected chi connectivity index (χ2v) is 10.6. The number of carbonyl (C=O) groups is 1. The summed E-state index contributed by atoms with van der Waals surface area (Å²) in [5.41, 5.74) is 4.88. The van der Waals surface area contributed by atoms with Gasteiger partial charge in [-0.2, -0.15) is 0 Å². The lowest BCUT2D eigenvalue weighted by molar-refractivity contribution is -0.125. The van der Waals surface area contributed by atoms with Crippen LogP contribution in [0.25, 0.3) is 0 Å². The first-order valence-corrected chi connectivity index (χ1v) is 12.5. The minimum Gasteiger partial charge on any atom is -0.309 e. The number of fused-ring (bicyclic) bond motifs is 2. The van der Waals surface area contributed by atoms with Gasteiger partial charge in [0.25, 0.3) is 10.0 Å². The lowest BCUT2D eigenvalue weighted by atomic mass is 9.84. The third-order valence-corrected chi connectivity index (χ3v) is 8.27. The zero-order valence-corrected chi connectivity index (χ0v) is 18.2. The normalized spacial score (nSPS) is 21.0. The topological polar surface area (TPSA) is 66.5 Å². The van der Waals surface area contributed by atoms with Gasteiger partial charge in [0.2, 0.25) is 5.91 Å². The minimum atomic E-state index is -3.69. The number of benzene rings is 2. The molecule has 0 spiro atoms. The van der Waals surface area contributed by atoms with E-state index >= 15 is 0 Å². The fourth-order valence-corrected chi connectivity index (χ4v) is 6.19. The van der Waals surface area contributed by atoms with Crippen molar-refractivity contribution in [1.29, 1.82) is 0 Å². The maximum Gasteiger partial charge on any atom is 0.261 e. The summed E-state index contributed by atoms with van der Waals surface area (Å²) in [5, 5.41) is 0. The Kier molecular flexibility index (Phi) is 4.85. The standard InChI is InChI=1S/C24H28N2O3S/c1-16-14-19-15-20(12-13-23(19)26(16)24(27)18-8-4-9-18)30(28,29)25-22-11-5-7-17-6-2-3-10-21(17)22/h5,7,11-13,15-16,18,25H,2-4,6,8-10,14H2,1H3. The lowest BCUT2D eigenvalue weighted by Crippen LogP contribution is -2.42. The van der Waals surface area contributed by atoms with E-state index in [0.29, 0.717) is 12.1 Å². The van der Waals surface area contributed by atoms with Crippen LogP contribution in [0.4, 0.5) is 11.4 Å². The van der Waals surface area contributed by atoms with E-state index in [9.17, 15) is 13.2 Å². The van der Waals surface area contributed by atoms with Gasteiger partial charge in [0, 0.05) is 17.6 Å². The summed E-state index contributed by atoms with van der Waals surface area (Å²) in [5.74, 6) is 0.324. The Morgan fingerprint density at radius 2 is 1.83 bits per heavy atom. The molecule has 0 saturated heterocycles. The molecule has 1 unspecified atom stereocenters. The maximum absolute atomic E-state index is 13.2. The molecule has 2 aromatic rings. The second-order valence-electron chi connectivity index (χ2n) is 8.94. The summed E-state index contributed by atoms with van der Waals surface area (Å²) in [6.07, 6.45) is 7.91. The van der Waals surface area contributed by atoms with Crippen LogP contribution in [0.3, 0.4) is 0 Å². The Bertz CT molecular complexity index is 1110. The van der Waals surface area contributed by atoms with E-state index in [1.165, 1.54) is 5.56 Å². The number of hydrogen-bond donors (Lipinski definition) is 1. The predicted octanol–water partition coefficient (Wildman–Crippen LogP) is 4.44. The summed E-state index contributed by atoms with van der Waals surface area (Å²) in [6, 6.07) is 11.1. The molecule has 0 radical (unpaired) electrons. The van der Waals surface area contributed by atoms with E-state index in [1.807, 2.05) is 30.0 Å². The van der Waals surface area contributed by atoms with Crippen LogP contribution in [0.1, 0.15) is 55.7 Å². The van der Waals surface area contributed by atoms with Crippen molar-refractivity contribution in [3.63, 3.8) is 0 Å².